The quantitative estimate of drug-likeness (QED) is 0.683. The summed E-state index contributed by atoms with van der Waals surface area (Å²) in [6, 6.07) is 9.77. The first-order valence-corrected chi connectivity index (χ1v) is 3.96. The highest BCUT2D eigenvalue weighted by atomic mass is 16.4. The average Bonchev–Trinajstić information content (AvgIpc) is 2.14. The molecule has 13 heavy (non-hydrogen) atoms. The molecule has 0 unspecified atom stereocenters. The molecule has 3 nitrogen and oxygen atoms in total. The summed E-state index contributed by atoms with van der Waals surface area (Å²) in [6.07, 6.45) is 2.50. The molecule has 0 amide bonds. The maximum Gasteiger partial charge on any atom is 0.329 e. The molecule has 0 saturated heterocycles. The molecule has 0 aliphatic rings. The molecule has 0 fully saturated rings. The van der Waals surface area contributed by atoms with Gasteiger partial charge in [0.1, 0.15) is 0 Å². The van der Waals surface area contributed by atoms with Gasteiger partial charge in [0.2, 0.25) is 0 Å². The highest BCUT2D eigenvalue weighted by molar-refractivity contribution is 5.79. The number of carboxylic acid groups (broad SMARTS) is 1. The Balaban J connectivity index is 2.32. The number of carbonyl (C=O) groups is 1. The van der Waals surface area contributed by atoms with Crippen LogP contribution in [0.3, 0.4) is 0 Å². The summed E-state index contributed by atoms with van der Waals surface area (Å²) in [7, 11) is 0. The summed E-state index contributed by atoms with van der Waals surface area (Å²) in [5.74, 6) is -0.944. The lowest BCUT2D eigenvalue weighted by molar-refractivity contribution is -0.131. The molecule has 2 N–H and O–H groups in total. The van der Waals surface area contributed by atoms with Gasteiger partial charge in [-0.15, -0.1) is 0 Å². The molecule has 0 spiro atoms. The number of nitrogens with one attached hydrogen (secondary N) is 1. The van der Waals surface area contributed by atoms with Gasteiger partial charge < -0.3 is 10.4 Å². The normalized spacial score (nSPS) is 10.2. The summed E-state index contributed by atoms with van der Waals surface area (Å²) in [4.78, 5) is 10.1. The van der Waals surface area contributed by atoms with Crippen molar-refractivity contribution in [2.24, 2.45) is 0 Å². The molecular formula is C10H11NO2. The van der Waals surface area contributed by atoms with Gasteiger partial charge in [-0.25, -0.2) is 4.79 Å². The third kappa shape index (κ3) is 3.96. The molecule has 1 aromatic rings. The maximum absolute atomic E-state index is 10.1. The van der Waals surface area contributed by atoms with Crippen molar-refractivity contribution in [3.8, 4) is 0 Å². The zero-order valence-corrected chi connectivity index (χ0v) is 7.10. The van der Waals surface area contributed by atoms with Gasteiger partial charge in [-0.2, -0.15) is 0 Å². The van der Waals surface area contributed by atoms with Crippen LogP contribution >= 0.6 is 0 Å². The van der Waals surface area contributed by atoms with E-state index in [2.05, 4.69) is 5.32 Å². The Labute approximate surface area is 76.7 Å². The summed E-state index contributed by atoms with van der Waals surface area (Å²) in [5, 5.41) is 11.2. The average molecular weight is 177 g/mol. The summed E-state index contributed by atoms with van der Waals surface area (Å²) >= 11 is 0. The fraction of sp³-hybridized carbons (Fsp3) is 0.100. The Morgan fingerprint density at radius 3 is 2.69 bits per heavy atom. The molecule has 0 saturated carbocycles. The van der Waals surface area contributed by atoms with E-state index >= 15 is 0 Å². The van der Waals surface area contributed by atoms with Gasteiger partial charge in [-0.3, -0.25) is 0 Å². The molecule has 0 bridgehead atoms. The third-order valence-corrected chi connectivity index (χ3v) is 1.49. The topological polar surface area (TPSA) is 49.3 Å². The first kappa shape index (κ1) is 9.32. The molecule has 0 heterocycles. The number of benzene rings is 1. The van der Waals surface area contributed by atoms with Crippen molar-refractivity contribution in [2.75, 3.05) is 0 Å². The molecule has 0 atom stereocenters. The highest BCUT2D eigenvalue weighted by Crippen LogP contribution is 1.96. The van der Waals surface area contributed by atoms with Gasteiger partial charge in [0.25, 0.3) is 0 Å². The van der Waals surface area contributed by atoms with E-state index < -0.39 is 5.97 Å². The van der Waals surface area contributed by atoms with E-state index in [9.17, 15) is 4.79 Å². The molecule has 1 rings (SSSR count). The predicted octanol–water partition coefficient (Wildman–Crippen LogP) is 1.37. The van der Waals surface area contributed by atoms with Gasteiger partial charge in [0.05, 0.1) is 0 Å². The smallest absolute Gasteiger partial charge is 0.329 e. The second kappa shape index (κ2) is 4.98. The Bertz CT molecular complexity index is 293. The zero-order valence-electron chi connectivity index (χ0n) is 7.10. The zero-order chi connectivity index (χ0) is 9.52. The maximum atomic E-state index is 10.1. The minimum absolute atomic E-state index is 0.643. The SMILES string of the molecule is O=C(O)/C=C/NCc1ccccc1. The molecule has 3 heteroatoms. The predicted molar refractivity (Wildman–Crippen MR) is 50.1 cm³/mol. The van der Waals surface area contributed by atoms with Crippen molar-refractivity contribution in [3.63, 3.8) is 0 Å². The van der Waals surface area contributed by atoms with Crippen LogP contribution in [0, 0.1) is 0 Å². The number of rotatable bonds is 4. The van der Waals surface area contributed by atoms with Gasteiger partial charge >= 0.3 is 5.97 Å². The number of carboxylic acids is 1. The fourth-order valence-electron chi connectivity index (χ4n) is 0.903. The van der Waals surface area contributed by atoms with E-state index in [1.54, 1.807) is 0 Å². The van der Waals surface area contributed by atoms with Gasteiger partial charge in [0, 0.05) is 18.8 Å². The van der Waals surface area contributed by atoms with Gasteiger partial charge in [-0.1, -0.05) is 30.3 Å². The second-order valence-electron chi connectivity index (χ2n) is 2.54. The van der Waals surface area contributed by atoms with E-state index in [4.69, 9.17) is 5.11 Å². The highest BCUT2D eigenvalue weighted by Gasteiger charge is 1.87. The van der Waals surface area contributed by atoms with Gasteiger partial charge in [-0.05, 0) is 5.56 Å². The van der Waals surface area contributed by atoms with Crippen LogP contribution in [0.25, 0.3) is 0 Å². The number of hydrogen-bond acceptors (Lipinski definition) is 2. The van der Waals surface area contributed by atoms with Crippen LogP contribution < -0.4 is 5.32 Å². The molecule has 68 valence electrons. The minimum atomic E-state index is -0.944. The molecule has 0 aliphatic carbocycles. The molecule has 0 aliphatic heterocycles. The Hall–Kier alpha value is -1.77. The molecular weight excluding hydrogens is 166 g/mol. The van der Waals surface area contributed by atoms with Crippen molar-refractivity contribution >= 4 is 5.97 Å². The standard InChI is InChI=1S/C10H11NO2/c12-10(13)6-7-11-8-9-4-2-1-3-5-9/h1-7,11H,8H2,(H,12,13)/b7-6+. The number of hydrogen-bond donors (Lipinski definition) is 2. The van der Waals surface area contributed by atoms with E-state index in [0.717, 1.165) is 11.6 Å². The lowest BCUT2D eigenvalue weighted by atomic mass is 10.2. The monoisotopic (exact) mass is 177 g/mol. The summed E-state index contributed by atoms with van der Waals surface area (Å²) in [5.41, 5.74) is 1.12. The van der Waals surface area contributed by atoms with Crippen LogP contribution in [0.4, 0.5) is 0 Å². The lowest BCUT2D eigenvalue weighted by Crippen LogP contribution is -2.05. The van der Waals surface area contributed by atoms with Crippen LogP contribution in [0.1, 0.15) is 5.56 Å². The summed E-state index contributed by atoms with van der Waals surface area (Å²) in [6.45, 7) is 0.643. The molecule has 0 radical (unpaired) electrons. The van der Waals surface area contributed by atoms with Crippen molar-refractivity contribution in [3.05, 3.63) is 48.2 Å². The van der Waals surface area contributed by atoms with Gasteiger partial charge in [0.15, 0.2) is 0 Å². The third-order valence-electron chi connectivity index (χ3n) is 1.49. The number of aliphatic carboxylic acids is 1. The first-order chi connectivity index (χ1) is 6.29. The van der Waals surface area contributed by atoms with E-state index in [-0.39, 0.29) is 0 Å². The van der Waals surface area contributed by atoms with Crippen LogP contribution in [-0.2, 0) is 11.3 Å². The van der Waals surface area contributed by atoms with Crippen molar-refractivity contribution in [2.45, 2.75) is 6.54 Å². The van der Waals surface area contributed by atoms with E-state index in [1.165, 1.54) is 6.20 Å². The van der Waals surface area contributed by atoms with Crippen LogP contribution in [-0.4, -0.2) is 11.1 Å². The first-order valence-electron chi connectivity index (χ1n) is 3.96. The van der Waals surface area contributed by atoms with Crippen molar-refractivity contribution in [1.29, 1.82) is 0 Å². The van der Waals surface area contributed by atoms with Crippen LogP contribution in [0.2, 0.25) is 0 Å². The van der Waals surface area contributed by atoms with Crippen molar-refractivity contribution < 1.29 is 9.90 Å². The largest absolute Gasteiger partial charge is 0.478 e. The second-order valence-corrected chi connectivity index (χ2v) is 2.54. The summed E-state index contributed by atoms with van der Waals surface area (Å²) < 4.78 is 0. The van der Waals surface area contributed by atoms with Crippen LogP contribution in [0.15, 0.2) is 42.6 Å². The molecule has 1 aromatic carbocycles. The lowest BCUT2D eigenvalue weighted by Gasteiger charge is -1.99. The van der Waals surface area contributed by atoms with Crippen molar-refractivity contribution in [1.82, 2.24) is 5.32 Å². The van der Waals surface area contributed by atoms with E-state index in [1.807, 2.05) is 30.3 Å². The Morgan fingerprint density at radius 2 is 2.08 bits per heavy atom. The molecule has 0 aromatic heterocycles. The van der Waals surface area contributed by atoms with Crippen LogP contribution in [0.5, 0.6) is 0 Å². The fourth-order valence-corrected chi connectivity index (χ4v) is 0.903. The minimum Gasteiger partial charge on any atom is -0.478 e. The Kier molecular flexibility index (Phi) is 3.57. The van der Waals surface area contributed by atoms with E-state index in [0.29, 0.717) is 6.54 Å². The Morgan fingerprint density at radius 1 is 1.38 bits per heavy atom.